The molecule has 1 aliphatic carbocycles. The summed E-state index contributed by atoms with van der Waals surface area (Å²) in [6.07, 6.45) is 0. The van der Waals surface area contributed by atoms with E-state index in [0.29, 0.717) is 5.75 Å². The fourth-order valence-electron chi connectivity index (χ4n) is 3.13. The molecule has 110 valence electrons. The van der Waals surface area contributed by atoms with Gasteiger partial charge in [0.25, 0.3) is 0 Å². The third kappa shape index (κ3) is 2.07. The molecular formula is C20H12BrNO. The molecule has 0 fully saturated rings. The minimum Gasteiger partial charge on any atom is -0.464 e. The summed E-state index contributed by atoms with van der Waals surface area (Å²) in [6.45, 7) is 0. The minimum absolute atomic E-state index is 0.677. The number of rotatable bonds is 2. The number of halogens is 1. The van der Waals surface area contributed by atoms with Gasteiger partial charge in [0.1, 0.15) is 11.8 Å². The van der Waals surface area contributed by atoms with Gasteiger partial charge in [0.15, 0.2) is 0 Å². The van der Waals surface area contributed by atoms with Crippen LogP contribution >= 0.6 is 15.9 Å². The molecule has 1 aliphatic rings. The molecule has 0 saturated heterocycles. The van der Waals surface area contributed by atoms with Gasteiger partial charge in [-0.1, -0.05) is 64.5 Å². The van der Waals surface area contributed by atoms with Crippen molar-refractivity contribution in [2.75, 3.05) is 0 Å². The molecule has 0 aromatic heterocycles. The van der Waals surface area contributed by atoms with E-state index in [1.807, 2.05) is 72.8 Å². The zero-order valence-corrected chi connectivity index (χ0v) is 13.7. The summed E-state index contributed by atoms with van der Waals surface area (Å²) in [7, 11) is 0. The van der Waals surface area contributed by atoms with Gasteiger partial charge in [0.2, 0.25) is 5.60 Å². The van der Waals surface area contributed by atoms with Gasteiger partial charge >= 0.3 is 0 Å². The average Bonchev–Trinajstić information content (AvgIpc) is 2.86. The highest BCUT2D eigenvalue weighted by molar-refractivity contribution is 9.10. The van der Waals surface area contributed by atoms with Crippen molar-refractivity contribution >= 4 is 15.9 Å². The summed E-state index contributed by atoms with van der Waals surface area (Å²) in [5.74, 6) is 0.677. The van der Waals surface area contributed by atoms with E-state index in [1.54, 1.807) is 0 Å². The lowest BCUT2D eigenvalue weighted by atomic mass is 9.92. The molecule has 3 aromatic rings. The van der Waals surface area contributed by atoms with Crippen LogP contribution in [0.1, 0.15) is 11.1 Å². The normalized spacial score (nSPS) is 17.9. The molecule has 0 saturated carbocycles. The first-order chi connectivity index (χ1) is 11.2. The lowest BCUT2D eigenvalue weighted by Crippen LogP contribution is -2.30. The van der Waals surface area contributed by atoms with Crippen LogP contribution in [0.15, 0.2) is 77.3 Å². The summed E-state index contributed by atoms with van der Waals surface area (Å²) in [6, 6.07) is 25.8. The number of hydrogen-bond acceptors (Lipinski definition) is 2. The van der Waals surface area contributed by atoms with E-state index >= 15 is 0 Å². The third-order valence-corrected chi connectivity index (χ3v) is 4.62. The van der Waals surface area contributed by atoms with Gasteiger partial charge in [0, 0.05) is 15.6 Å². The first-order valence-electron chi connectivity index (χ1n) is 7.30. The van der Waals surface area contributed by atoms with Gasteiger partial charge in [-0.2, -0.15) is 5.26 Å². The van der Waals surface area contributed by atoms with Crippen molar-refractivity contribution in [2.45, 2.75) is 5.60 Å². The Balaban J connectivity index is 1.99. The number of nitrogens with zero attached hydrogens (tertiary/aromatic N) is 1. The van der Waals surface area contributed by atoms with E-state index in [4.69, 9.17) is 4.74 Å². The van der Waals surface area contributed by atoms with E-state index in [1.165, 1.54) is 0 Å². The summed E-state index contributed by atoms with van der Waals surface area (Å²) in [5, 5.41) is 10.1. The first kappa shape index (κ1) is 14.0. The number of nitriles is 1. The Morgan fingerprint density at radius 2 is 1.52 bits per heavy atom. The van der Waals surface area contributed by atoms with Crippen molar-refractivity contribution < 1.29 is 4.74 Å². The number of fused-ring (bicyclic) bond motifs is 3. The minimum atomic E-state index is -1.13. The van der Waals surface area contributed by atoms with E-state index in [-0.39, 0.29) is 0 Å². The molecule has 0 spiro atoms. The smallest absolute Gasteiger partial charge is 0.246 e. The Morgan fingerprint density at radius 3 is 2.30 bits per heavy atom. The second-order valence-electron chi connectivity index (χ2n) is 5.44. The lowest BCUT2D eigenvalue weighted by molar-refractivity contribution is 0.177. The van der Waals surface area contributed by atoms with Crippen molar-refractivity contribution in [2.24, 2.45) is 0 Å². The van der Waals surface area contributed by atoms with Crippen LogP contribution in [0, 0.1) is 11.3 Å². The molecular weight excluding hydrogens is 350 g/mol. The molecule has 2 nitrogen and oxygen atoms in total. The van der Waals surface area contributed by atoms with E-state index < -0.39 is 5.60 Å². The van der Waals surface area contributed by atoms with E-state index in [2.05, 4.69) is 22.0 Å². The van der Waals surface area contributed by atoms with Gasteiger partial charge in [0.05, 0.1) is 0 Å². The largest absolute Gasteiger partial charge is 0.464 e. The van der Waals surface area contributed by atoms with Crippen LogP contribution < -0.4 is 4.74 Å². The van der Waals surface area contributed by atoms with Gasteiger partial charge in [-0.15, -0.1) is 0 Å². The molecule has 1 atom stereocenters. The van der Waals surface area contributed by atoms with Gasteiger partial charge in [-0.25, -0.2) is 0 Å². The topological polar surface area (TPSA) is 33.0 Å². The van der Waals surface area contributed by atoms with Crippen LogP contribution in [0.3, 0.4) is 0 Å². The Hall–Kier alpha value is -2.57. The predicted octanol–water partition coefficient (Wildman–Crippen LogP) is 5.28. The summed E-state index contributed by atoms with van der Waals surface area (Å²) in [5.41, 5.74) is 2.73. The van der Waals surface area contributed by atoms with Crippen LogP contribution in [0.25, 0.3) is 11.1 Å². The van der Waals surface area contributed by atoms with Gasteiger partial charge in [-0.3, -0.25) is 0 Å². The zero-order valence-electron chi connectivity index (χ0n) is 12.2. The zero-order chi connectivity index (χ0) is 15.9. The lowest BCUT2D eigenvalue weighted by Gasteiger charge is -2.25. The van der Waals surface area contributed by atoms with Crippen molar-refractivity contribution in [1.82, 2.24) is 0 Å². The predicted molar refractivity (Wildman–Crippen MR) is 93.0 cm³/mol. The summed E-state index contributed by atoms with van der Waals surface area (Å²) < 4.78 is 7.17. The van der Waals surface area contributed by atoms with Crippen molar-refractivity contribution in [3.8, 4) is 22.9 Å². The highest BCUT2D eigenvalue weighted by atomic mass is 79.9. The van der Waals surface area contributed by atoms with Crippen LogP contribution in [0.5, 0.6) is 5.75 Å². The quantitative estimate of drug-likeness (QED) is 0.622. The Kier molecular flexibility index (Phi) is 3.21. The molecule has 0 heterocycles. The summed E-state index contributed by atoms with van der Waals surface area (Å²) in [4.78, 5) is 0. The number of para-hydroxylation sites is 1. The van der Waals surface area contributed by atoms with Crippen molar-refractivity contribution in [3.05, 3.63) is 88.4 Å². The van der Waals surface area contributed by atoms with E-state index in [9.17, 15) is 5.26 Å². The second kappa shape index (κ2) is 5.26. The number of hydrogen-bond donors (Lipinski definition) is 0. The van der Waals surface area contributed by atoms with Crippen LogP contribution in [-0.2, 0) is 5.60 Å². The SMILES string of the molecule is N#CC1(Oc2ccccc2)c2ccccc2-c2ccc(Br)cc21. The number of ether oxygens (including phenoxy) is 1. The molecule has 3 aromatic carbocycles. The maximum absolute atomic E-state index is 10.1. The fourth-order valence-corrected chi connectivity index (χ4v) is 3.49. The molecule has 1 unspecified atom stereocenters. The highest BCUT2D eigenvalue weighted by Gasteiger charge is 2.46. The van der Waals surface area contributed by atoms with Crippen LogP contribution in [0.2, 0.25) is 0 Å². The molecule has 23 heavy (non-hydrogen) atoms. The molecule has 0 bridgehead atoms. The first-order valence-corrected chi connectivity index (χ1v) is 8.09. The highest BCUT2D eigenvalue weighted by Crippen LogP contribution is 2.50. The second-order valence-corrected chi connectivity index (χ2v) is 6.36. The summed E-state index contributed by atoms with van der Waals surface area (Å²) >= 11 is 3.51. The molecule has 0 amide bonds. The third-order valence-electron chi connectivity index (χ3n) is 4.13. The average molecular weight is 362 g/mol. The monoisotopic (exact) mass is 361 g/mol. The standard InChI is InChI=1S/C20H12BrNO/c21-14-10-11-17-16-8-4-5-9-18(16)20(13-22,19(17)12-14)23-15-6-2-1-3-7-15/h1-12H. The number of benzene rings is 3. The Bertz CT molecular complexity index is 930. The van der Waals surface area contributed by atoms with Crippen LogP contribution in [-0.4, -0.2) is 0 Å². The Labute approximate surface area is 143 Å². The molecule has 0 N–H and O–H groups in total. The van der Waals surface area contributed by atoms with Gasteiger partial charge in [-0.05, 0) is 35.4 Å². The fraction of sp³-hybridized carbons (Fsp3) is 0.0500. The molecule has 3 heteroatoms. The molecule has 4 rings (SSSR count). The van der Waals surface area contributed by atoms with Crippen LogP contribution in [0.4, 0.5) is 0 Å². The van der Waals surface area contributed by atoms with E-state index in [0.717, 1.165) is 26.7 Å². The molecule has 0 radical (unpaired) electrons. The van der Waals surface area contributed by atoms with Crippen molar-refractivity contribution in [1.29, 1.82) is 5.26 Å². The molecule has 0 aliphatic heterocycles. The maximum Gasteiger partial charge on any atom is 0.246 e. The van der Waals surface area contributed by atoms with Crippen molar-refractivity contribution in [3.63, 3.8) is 0 Å². The van der Waals surface area contributed by atoms with Gasteiger partial charge < -0.3 is 4.74 Å². The maximum atomic E-state index is 10.1. The Morgan fingerprint density at radius 1 is 0.826 bits per heavy atom.